The van der Waals surface area contributed by atoms with Crippen molar-refractivity contribution in [3.8, 4) is 0 Å². The van der Waals surface area contributed by atoms with Gasteiger partial charge in [-0.2, -0.15) is 5.12 Å². The van der Waals surface area contributed by atoms with Crippen molar-refractivity contribution >= 4 is 0 Å². The van der Waals surface area contributed by atoms with Gasteiger partial charge in [0.1, 0.15) is 0 Å². The third-order valence-electron chi connectivity index (χ3n) is 2.48. The van der Waals surface area contributed by atoms with Gasteiger partial charge in [-0.15, -0.1) is 0 Å². The van der Waals surface area contributed by atoms with E-state index in [9.17, 15) is 0 Å². The van der Waals surface area contributed by atoms with Crippen LogP contribution in [0.3, 0.4) is 0 Å². The molecule has 0 aromatic rings. The second-order valence-corrected chi connectivity index (χ2v) is 6.31. The molecule has 0 atom stereocenters. The van der Waals surface area contributed by atoms with E-state index in [4.69, 9.17) is 0 Å². The van der Waals surface area contributed by atoms with Crippen molar-refractivity contribution in [2.75, 3.05) is 13.1 Å². The van der Waals surface area contributed by atoms with Crippen molar-refractivity contribution in [2.45, 2.75) is 72.8 Å². The molecule has 0 amide bonds. The topological polar surface area (TPSA) is 27.3 Å². The summed E-state index contributed by atoms with van der Waals surface area (Å²) < 4.78 is 0. The number of rotatable bonds is 9. The van der Waals surface area contributed by atoms with Gasteiger partial charge in [0.15, 0.2) is 0 Å². The highest BCUT2D eigenvalue weighted by Gasteiger charge is 2.14. The van der Waals surface area contributed by atoms with E-state index in [2.05, 4.69) is 57.5 Å². The Balaban J connectivity index is 3.93. The monoisotopic (exact) mass is 243 g/mol. The molecule has 0 aliphatic rings. The van der Waals surface area contributed by atoms with Crippen molar-refractivity contribution < 1.29 is 0 Å². The summed E-state index contributed by atoms with van der Waals surface area (Å²) >= 11 is 0. The smallest absolute Gasteiger partial charge is 0.0290 e. The summed E-state index contributed by atoms with van der Waals surface area (Å²) in [5.74, 6) is 0.747. The molecule has 0 spiro atoms. The fraction of sp³-hybridized carbons (Fsp3) is 1.00. The molecule has 17 heavy (non-hydrogen) atoms. The highest BCUT2D eigenvalue weighted by Crippen LogP contribution is 2.04. The standard InChI is InChI=1S/C14H33N3/c1-7-8-9-11-15-17(12-10-13(2)3)16-14(4,5)6/h13,15-16H,7-12H2,1-6H3. The molecule has 0 radical (unpaired) electrons. The SMILES string of the molecule is CCCCCNN(CCC(C)C)NC(C)(C)C. The second kappa shape index (κ2) is 8.90. The zero-order chi connectivity index (χ0) is 13.3. The molecule has 0 bridgehead atoms. The first kappa shape index (κ1) is 16.9. The van der Waals surface area contributed by atoms with Gasteiger partial charge in [0.05, 0.1) is 0 Å². The van der Waals surface area contributed by atoms with E-state index in [0.717, 1.165) is 19.0 Å². The molecule has 3 heteroatoms. The number of hydrogen-bond acceptors (Lipinski definition) is 3. The highest BCUT2D eigenvalue weighted by atomic mass is 15.7. The zero-order valence-electron chi connectivity index (χ0n) is 12.8. The van der Waals surface area contributed by atoms with E-state index in [0.29, 0.717) is 0 Å². The summed E-state index contributed by atoms with van der Waals surface area (Å²) in [6.07, 6.45) is 5.05. The molecular weight excluding hydrogens is 210 g/mol. The Kier molecular flexibility index (Phi) is 8.83. The Bertz CT molecular complexity index is 173. The van der Waals surface area contributed by atoms with Gasteiger partial charge in [-0.3, -0.25) is 0 Å². The Labute approximate surface area is 108 Å². The van der Waals surface area contributed by atoms with Gasteiger partial charge in [-0.25, -0.2) is 10.9 Å². The largest absolute Gasteiger partial charge is 0.242 e. The van der Waals surface area contributed by atoms with Crippen molar-refractivity contribution in [1.29, 1.82) is 0 Å². The zero-order valence-corrected chi connectivity index (χ0v) is 12.8. The second-order valence-electron chi connectivity index (χ2n) is 6.31. The summed E-state index contributed by atoms with van der Waals surface area (Å²) in [7, 11) is 0. The minimum atomic E-state index is 0.120. The van der Waals surface area contributed by atoms with Crippen LogP contribution >= 0.6 is 0 Å². The molecule has 0 saturated heterocycles. The fourth-order valence-corrected chi connectivity index (χ4v) is 1.56. The van der Waals surface area contributed by atoms with Crippen LogP contribution in [0.1, 0.15) is 67.2 Å². The molecule has 0 aliphatic heterocycles. The molecule has 0 rings (SSSR count). The summed E-state index contributed by atoms with van der Waals surface area (Å²) in [4.78, 5) is 0. The number of nitrogens with zero attached hydrogens (tertiary/aromatic N) is 1. The van der Waals surface area contributed by atoms with Crippen molar-refractivity contribution in [3.05, 3.63) is 0 Å². The van der Waals surface area contributed by atoms with Gasteiger partial charge in [0.2, 0.25) is 0 Å². The van der Waals surface area contributed by atoms with Gasteiger partial charge in [-0.1, -0.05) is 33.6 Å². The van der Waals surface area contributed by atoms with E-state index in [-0.39, 0.29) is 5.54 Å². The maximum Gasteiger partial charge on any atom is 0.0290 e. The number of nitrogens with one attached hydrogen (secondary N) is 2. The van der Waals surface area contributed by atoms with Crippen LogP contribution in [0.2, 0.25) is 0 Å². The Morgan fingerprint density at radius 1 is 1.12 bits per heavy atom. The van der Waals surface area contributed by atoms with E-state index in [1.54, 1.807) is 0 Å². The third-order valence-corrected chi connectivity index (χ3v) is 2.48. The maximum absolute atomic E-state index is 3.51. The van der Waals surface area contributed by atoms with Crippen molar-refractivity contribution in [2.24, 2.45) is 5.92 Å². The van der Waals surface area contributed by atoms with Crippen LogP contribution < -0.4 is 10.9 Å². The number of unbranched alkanes of at least 4 members (excludes halogenated alkanes) is 2. The van der Waals surface area contributed by atoms with E-state index in [1.807, 2.05) is 0 Å². The summed E-state index contributed by atoms with van der Waals surface area (Å²) in [5, 5.41) is 2.18. The molecule has 0 aromatic heterocycles. The highest BCUT2D eigenvalue weighted by molar-refractivity contribution is 4.68. The summed E-state index contributed by atoms with van der Waals surface area (Å²) in [6, 6.07) is 0. The minimum Gasteiger partial charge on any atom is -0.242 e. The number of hydrogen-bond donors (Lipinski definition) is 2. The average molecular weight is 243 g/mol. The van der Waals surface area contributed by atoms with Gasteiger partial charge in [0, 0.05) is 18.6 Å². The predicted molar refractivity (Wildman–Crippen MR) is 76.6 cm³/mol. The van der Waals surface area contributed by atoms with Crippen LogP contribution in [0.5, 0.6) is 0 Å². The molecule has 0 aliphatic carbocycles. The molecule has 0 unspecified atom stereocenters. The van der Waals surface area contributed by atoms with Crippen molar-refractivity contribution in [1.82, 2.24) is 16.0 Å². The Hall–Kier alpha value is -0.120. The minimum absolute atomic E-state index is 0.120. The predicted octanol–water partition coefficient (Wildman–Crippen LogP) is 3.33. The van der Waals surface area contributed by atoms with E-state index in [1.165, 1.54) is 25.7 Å². The van der Waals surface area contributed by atoms with Crippen LogP contribution in [0, 0.1) is 5.92 Å². The van der Waals surface area contributed by atoms with Crippen molar-refractivity contribution in [3.63, 3.8) is 0 Å². The Morgan fingerprint density at radius 3 is 2.24 bits per heavy atom. The third kappa shape index (κ3) is 12.1. The van der Waals surface area contributed by atoms with Gasteiger partial charge < -0.3 is 0 Å². The number of hydrazine groups is 2. The lowest BCUT2D eigenvalue weighted by Gasteiger charge is -2.32. The molecule has 0 saturated carbocycles. The lowest BCUT2D eigenvalue weighted by Crippen LogP contribution is -2.56. The lowest BCUT2D eigenvalue weighted by molar-refractivity contribution is 0.0620. The summed E-state index contributed by atoms with van der Waals surface area (Å²) in [5.41, 5.74) is 7.12. The van der Waals surface area contributed by atoms with Crippen LogP contribution in [-0.2, 0) is 0 Å². The molecule has 0 fully saturated rings. The summed E-state index contributed by atoms with van der Waals surface area (Å²) in [6.45, 7) is 15.5. The average Bonchev–Trinajstić information content (AvgIpc) is 2.18. The maximum atomic E-state index is 3.51. The normalized spacial score (nSPS) is 12.7. The molecule has 2 N–H and O–H groups in total. The van der Waals surface area contributed by atoms with Gasteiger partial charge >= 0.3 is 0 Å². The first-order chi connectivity index (χ1) is 7.85. The lowest BCUT2D eigenvalue weighted by atomic mass is 10.1. The molecule has 3 nitrogen and oxygen atoms in total. The molecule has 0 heterocycles. The van der Waals surface area contributed by atoms with Crippen LogP contribution in [0.25, 0.3) is 0 Å². The first-order valence-corrected chi connectivity index (χ1v) is 7.14. The van der Waals surface area contributed by atoms with E-state index < -0.39 is 0 Å². The van der Waals surface area contributed by atoms with Crippen LogP contribution in [0.4, 0.5) is 0 Å². The van der Waals surface area contributed by atoms with E-state index >= 15 is 0 Å². The molecular formula is C14H33N3. The Morgan fingerprint density at radius 2 is 1.76 bits per heavy atom. The quantitative estimate of drug-likeness (QED) is 0.480. The molecule has 104 valence electrons. The van der Waals surface area contributed by atoms with Crippen LogP contribution in [0.15, 0.2) is 0 Å². The van der Waals surface area contributed by atoms with Gasteiger partial charge in [0.25, 0.3) is 0 Å². The first-order valence-electron chi connectivity index (χ1n) is 7.14. The fourth-order valence-electron chi connectivity index (χ4n) is 1.56. The molecule has 0 aromatic carbocycles. The van der Waals surface area contributed by atoms with Gasteiger partial charge in [-0.05, 0) is 39.5 Å². The van der Waals surface area contributed by atoms with Crippen LogP contribution in [-0.4, -0.2) is 23.7 Å².